The Labute approximate surface area is 113 Å². The van der Waals surface area contributed by atoms with Gasteiger partial charge in [-0.15, -0.1) is 11.3 Å². The summed E-state index contributed by atoms with van der Waals surface area (Å²) in [6.45, 7) is 3.72. The van der Waals surface area contributed by atoms with E-state index in [9.17, 15) is 14.4 Å². The van der Waals surface area contributed by atoms with Crippen LogP contribution in [0.2, 0.25) is 0 Å². The van der Waals surface area contributed by atoms with Crippen LogP contribution in [0.3, 0.4) is 0 Å². The first-order valence-electron chi connectivity index (χ1n) is 5.50. The number of nitrogens with one attached hydrogen (secondary N) is 1. The fourth-order valence-corrected chi connectivity index (χ4v) is 2.81. The Morgan fingerprint density at radius 1 is 1.37 bits per heavy atom. The van der Waals surface area contributed by atoms with Gasteiger partial charge < -0.3 is 16.2 Å². The average molecular weight is 282 g/mol. The van der Waals surface area contributed by atoms with Crippen LogP contribution < -0.4 is 11.1 Å². The predicted octanol–water partition coefficient (Wildman–Crippen LogP) is 1.30. The van der Waals surface area contributed by atoms with Crippen molar-refractivity contribution in [1.29, 1.82) is 0 Å². The van der Waals surface area contributed by atoms with Gasteiger partial charge in [-0.05, 0) is 18.9 Å². The summed E-state index contributed by atoms with van der Waals surface area (Å²) >= 11 is 1.24. The number of thiophene rings is 1. The van der Waals surface area contributed by atoms with Gasteiger partial charge in [-0.2, -0.15) is 0 Å². The molecule has 1 heterocycles. The highest BCUT2D eigenvalue weighted by Crippen LogP contribution is 2.33. The molecule has 0 saturated heterocycles. The number of nitrogens with two attached hydrogens (primary N) is 1. The number of primary amides is 1. The average Bonchev–Trinajstić information content (AvgIpc) is 2.62. The monoisotopic (exact) mass is 282 g/mol. The van der Waals surface area contributed by atoms with Gasteiger partial charge in [0.25, 0.3) is 5.91 Å². The number of carbonyl (C=O) groups is 3. The van der Waals surface area contributed by atoms with Crippen LogP contribution in [0.15, 0.2) is 12.2 Å². The third kappa shape index (κ3) is 3.65. The highest BCUT2D eigenvalue weighted by atomic mass is 32.1. The van der Waals surface area contributed by atoms with Gasteiger partial charge in [-0.3, -0.25) is 9.59 Å². The number of amides is 2. The van der Waals surface area contributed by atoms with Crippen molar-refractivity contribution in [3.63, 3.8) is 0 Å². The second-order valence-electron chi connectivity index (χ2n) is 3.72. The fourth-order valence-electron chi connectivity index (χ4n) is 1.65. The van der Waals surface area contributed by atoms with Crippen LogP contribution in [0, 0.1) is 6.92 Å². The molecule has 0 aromatic carbocycles. The lowest BCUT2D eigenvalue weighted by Gasteiger charge is -2.03. The van der Waals surface area contributed by atoms with E-state index in [-0.39, 0.29) is 0 Å². The minimum Gasteiger partial charge on any atom is -0.478 e. The third-order valence-electron chi connectivity index (χ3n) is 2.42. The lowest BCUT2D eigenvalue weighted by atomic mass is 10.1. The van der Waals surface area contributed by atoms with Gasteiger partial charge in [-0.25, -0.2) is 4.79 Å². The molecule has 102 valence electrons. The lowest BCUT2D eigenvalue weighted by molar-refractivity contribution is -0.131. The van der Waals surface area contributed by atoms with E-state index in [1.165, 1.54) is 11.3 Å². The molecule has 0 aliphatic heterocycles. The third-order valence-corrected chi connectivity index (χ3v) is 3.49. The van der Waals surface area contributed by atoms with E-state index in [1.54, 1.807) is 0 Å². The highest BCUT2D eigenvalue weighted by molar-refractivity contribution is 7.16. The summed E-state index contributed by atoms with van der Waals surface area (Å²) in [6, 6.07) is 0. The van der Waals surface area contributed by atoms with Crippen LogP contribution in [0.5, 0.6) is 0 Å². The van der Waals surface area contributed by atoms with Crippen molar-refractivity contribution >= 4 is 34.1 Å². The second kappa shape index (κ2) is 6.14. The maximum atomic E-state index is 11.5. The molecule has 2 amide bonds. The van der Waals surface area contributed by atoms with E-state index in [4.69, 9.17) is 10.8 Å². The normalized spacial score (nSPS) is 10.6. The zero-order valence-electron chi connectivity index (χ0n) is 10.5. The Morgan fingerprint density at radius 3 is 2.47 bits per heavy atom. The number of anilines is 1. The summed E-state index contributed by atoms with van der Waals surface area (Å²) in [7, 11) is 0. The SMILES string of the molecule is CCc1c(C)sc(NC(=O)/C=C\C(=O)O)c1C(N)=O. The van der Waals surface area contributed by atoms with Crippen LogP contribution in [-0.4, -0.2) is 22.9 Å². The number of carboxylic acids is 1. The summed E-state index contributed by atoms with van der Waals surface area (Å²) in [6.07, 6.45) is 2.23. The smallest absolute Gasteiger partial charge is 0.328 e. The molecule has 0 bridgehead atoms. The fraction of sp³-hybridized carbons (Fsp3) is 0.250. The van der Waals surface area contributed by atoms with Gasteiger partial charge >= 0.3 is 5.97 Å². The van der Waals surface area contributed by atoms with Gasteiger partial charge in [0.15, 0.2) is 0 Å². The molecule has 0 atom stereocenters. The zero-order chi connectivity index (χ0) is 14.6. The van der Waals surface area contributed by atoms with E-state index in [2.05, 4.69) is 5.32 Å². The van der Waals surface area contributed by atoms with Gasteiger partial charge in [0, 0.05) is 17.0 Å². The number of carbonyl (C=O) groups excluding carboxylic acids is 2. The van der Waals surface area contributed by atoms with E-state index in [1.807, 2.05) is 13.8 Å². The number of hydrogen-bond acceptors (Lipinski definition) is 4. The Morgan fingerprint density at radius 2 is 2.00 bits per heavy atom. The largest absolute Gasteiger partial charge is 0.478 e. The quantitative estimate of drug-likeness (QED) is 0.707. The Hall–Kier alpha value is -2.15. The van der Waals surface area contributed by atoms with Crippen molar-refractivity contribution in [2.24, 2.45) is 5.73 Å². The van der Waals surface area contributed by atoms with Crippen LogP contribution in [0.1, 0.15) is 27.7 Å². The molecule has 7 heteroatoms. The van der Waals surface area contributed by atoms with Gasteiger partial charge in [0.2, 0.25) is 5.91 Å². The topological polar surface area (TPSA) is 109 Å². The minimum absolute atomic E-state index is 0.294. The predicted molar refractivity (Wildman–Crippen MR) is 72.4 cm³/mol. The molecule has 6 nitrogen and oxygen atoms in total. The van der Waals surface area contributed by atoms with Crippen molar-refractivity contribution in [1.82, 2.24) is 0 Å². The van der Waals surface area contributed by atoms with E-state index in [0.29, 0.717) is 17.0 Å². The molecule has 0 aliphatic carbocycles. The number of aryl methyl sites for hydroxylation is 1. The molecule has 1 aromatic heterocycles. The molecule has 0 saturated carbocycles. The van der Waals surface area contributed by atoms with Crippen molar-refractivity contribution in [3.05, 3.63) is 28.2 Å². The molecular weight excluding hydrogens is 268 g/mol. The van der Waals surface area contributed by atoms with Crippen LogP contribution >= 0.6 is 11.3 Å². The van der Waals surface area contributed by atoms with Crippen molar-refractivity contribution in [2.45, 2.75) is 20.3 Å². The summed E-state index contributed by atoms with van der Waals surface area (Å²) in [4.78, 5) is 34.1. The maximum absolute atomic E-state index is 11.5. The lowest BCUT2D eigenvalue weighted by Crippen LogP contribution is -2.16. The Kier molecular flexibility index (Phi) is 4.82. The van der Waals surface area contributed by atoms with E-state index >= 15 is 0 Å². The van der Waals surface area contributed by atoms with E-state index in [0.717, 1.165) is 22.6 Å². The van der Waals surface area contributed by atoms with Crippen molar-refractivity contribution in [3.8, 4) is 0 Å². The molecule has 1 rings (SSSR count). The van der Waals surface area contributed by atoms with Crippen LogP contribution in [0.4, 0.5) is 5.00 Å². The molecule has 0 radical (unpaired) electrons. The number of rotatable bonds is 5. The first-order chi connectivity index (χ1) is 8.86. The Bertz CT molecular complexity index is 560. The van der Waals surface area contributed by atoms with Crippen LogP contribution in [0.25, 0.3) is 0 Å². The Balaban J connectivity index is 3.05. The van der Waals surface area contributed by atoms with Crippen LogP contribution in [-0.2, 0) is 16.0 Å². The number of aliphatic carboxylic acids is 1. The summed E-state index contributed by atoms with van der Waals surface area (Å²) in [5.41, 5.74) is 6.40. The summed E-state index contributed by atoms with van der Waals surface area (Å²) < 4.78 is 0. The van der Waals surface area contributed by atoms with Gasteiger partial charge in [0.1, 0.15) is 5.00 Å². The van der Waals surface area contributed by atoms with Crippen molar-refractivity contribution in [2.75, 3.05) is 5.32 Å². The summed E-state index contributed by atoms with van der Waals surface area (Å²) in [5, 5.41) is 11.2. The van der Waals surface area contributed by atoms with E-state index < -0.39 is 17.8 Å². The molecule has 0 fully saturated rings. The number of carboxylic acid groups (broad SMARTS) is 1. The van der Waals surface area contributed by atoms with Gasteiger partial charge in [0.05, 0.1) is 5.56 Å². The molecule has 1 aromatic rings. The molecule has 0 spiro atoms. The molecule has 0 aliphatic rings. The molecular formula is C12H14N2O4S. The minimum atomic E-state index is -1.22. The molecule has 4 N–H and O–H groups in total. The van der Waals surface area contributed by atoms with Gasteiger partial charge in [-0.1, -0.05) is 6.92 Å². The first-order valence-corrected chi connectivity index (χ1v) is 6.32. The molecule has 19 heavy (non-hydrogen) atoms. The zero-order valence-corrected chi connectivity index (χ0v) is 11.3. The standard InChI is InChI=1S/C12H14N2O4S/c1-3-7-6(2)19-12(10(7)11(13)18)14-8(15)4-5-9(16)17/h4-5H,3H2,1-2H3,(H2,13,18)(H,14,15)(H,16,17)/b5-4-. The first kappa shape index (κ1) is 14.9. The maximum Gasteiger partial charge on any atom is 0.328 e. The summed E-state index contributed by atoms with van der Waals surface area (Å²) in [5.74, 6) is -2.45. The van der Waals surface area contributed by atoms with Crippen molar-refractivity contribution < 1.29 is 19.5 Å². The highest BCUT2D eigenvalue weighted by Gasteiger charge is 2.19. The second-order valence-corrected chi connectivity index (χ2v) is 4.94. The number of hydrogen-bond donors (Lipinski definition) is 3. The molecule has 0 unspecified atom stereocenters.